The first-order valence-electron chi connectivity index (χ1n) is 3.39. The summed E-state index contributed by atoms with van der Waals surface area (Å²) < 4.78 is 45.9. The van der Waals surface area contributed by atoms with Gasteiger partial charge in [0, 0.05) is 16.7 Å². The summed E-state index contributed by atoms with van der Waals surface area (Å²) in [5.41, 5.74) is -1.16. The highest BCUT2D eigenvalue weighted by molar-refractivity contribution is 8.13. The van der Waals surface area contributed by atoms with Crippen LogP contribution in [0.5, 0.6) is 11.5 Å². The third-order valence-corrected chi connectivity index (χ3v) is 2.62. The first-order valence-corrected chi connectivity index (χ1v) is 5.70. The molecule has 0 aliphatic carbocycles. The number of pyridine rings is 1. The second-order valence-electron chi connectivity index (χ2n) is 2.46. The highest BCUT2D eigenvalue weighted by Crippen LogP contribution is 2.33. The summed E-state index contributed by atoms with van der Waals surface area (Å²) in [6, 6.07) is 0.434. The van der Waals surface area contributed by atoms with Crippen molar-refractivity contribution in [3.05, 3.63) is 11.8 Å². The fraction of sp³-hybridized carbons (Fsp3) is 0.167. The zero-order valence-electron chi connectivity index (χ0n) is 6.85. The Kier molecular flexibility index (Phi) is 3.00. The van der Waals surface area contributed by atoms with Gasteiger partial charge in [-0.2, -0.15) is 0 Å². The van der Waals surface area contributed by atoms with Crippen LogP contribution in [-0.2, 0) is 9.05 Å². The van der Waals surface area contributed by atoms with Crippen molar-refractivity contribution in [2.75, 3.05) is 0 Å². The van der Waals surface area contributed by atoms with Gasteiger partial charge < -0.3 is 10.2 Å². The van der Waals surface area contributed by atoms with Gasteiger partial charge >= 0.3 is 0 Å². The topological polar surface area (TPSA) is 87.5 Å². The van der Waals surface area contributed by atoms with Crippen LogP contribution < -0.4 is 0 Å². The van der Waals surface area contributed by atoms with Crippen LogP contribution in [0.1, 0.15) is 12.1 Å². The molecule has 0 aliphatic rings. The molecule has 0 saturated heterocycles. The molecule has 9 heteroatoms. The molecule has 0 saturated carbocycles. The molecule has 1 heterocycles. The lowest BCUT2D eigenvalue weighted by molar-refractivity contribution is 0.140. The minimum absolute atomic E-state index is 0.434. The van der Waals surface area contributed by atoms with E-state index in [1.807, 2.05) is 0 Å². The Morgan fingerprint density at radius 1 is 1.33 bits per heavy atom. The van der Waals surface area contributed by atoms with Crippen molar-refractivity contribution in [2.24, 2.45) is 0 Å². The van der Waals surface area contributed by atoms with Crippen molar-refractivity contribution < 1.29 is 27.4 Å². The van der Waals surface area contributed by atoms with E-state index < -0.39 is 37.7 Å². The summed E-state index contributed by atoms with van der Waals surface area (Å²) in [6.07, 6.45) is -3.18. The van der Waals surface area contributed by atoms with Gasteiger partial charge in [-0.25, -0.2) is 22.2 Å². The Morgan fingerprint density at radius 2 is 1.87 bits per heavy atom. The Bertz CT molecular complexity index is 490. The predicted molar refractivity (Wildman–Crippen MR) is 45.6 cm³/mol. The molecule has 0 aromatic carbocycles. The van der Waals surface area contributed by atoms with Gasteiger partial charge in [0.25, 0.3) is 15.5 Å². The second-order valence-corrected chi connectivity index (χ2v) is 4.94. The number of nitrogens with zero attached hydrogens (tertiary/aromatic N) is 1. The summed E-state index contributed by atoms with van der Waals surface area (Å²) >= 11 is 0. The summed E-state index contributed by atoms with van der Waals surface area (Å²) in [5.74, 6) is -2.00. The van der Waals surface area contributed by atoms with Gasteiger partial charge in [-0.1, -0.05) is 0 Å². The monoisotopic (exact) mass is 259 g/mol. The van der Waals surface area contributed by atoms with Gasteiger partial charge in [-0.15, -0.1) is 0 Å². The predicted octanol–water partition coefficient (Wildman–Crippen LogP) is 1.36. The number of hydrogen-bond donors (Lipinski definition) is 2. The number of aromatic hydroxyl groups is 2. The number of aromatic nitrogens is 1. The minimum atomic E-state index is -4.44. The van der Waals surface area contributed by atoms with E-state index in [2.05, 4.69) is 4.98 Å². The van der Waals surface area contributed by atoms with Crippen LogP contribution in [0.2, 0.25) is 0 Å². The fourth-order valence-electron chi connectivity index (χ4n) is 0.829. The molecule has 2 N–H and O–H groups in total. The summed E-state index contributed by atoms with van der Waals surface area (Å²) in [4.78, 5) is 2.87. The SMILES string of the molecule is O=S(=O)(Cl)c1nc(C(F)F)c(O)cc1O. The molecule has 0 bridgehead atoms. The molecule has 84 valence electrons. The Morgan fingerprint density at radius 3 is 2.27 bits per heavy atom. The highest BCUT2D eigenvalue weighted by atomic mass is 35.7. The van der Waals surface area contributed by atoms with Crippen LogP contribution in [0.25, 0.3) is 0 Å². The third-order valence-electron chi connectivity index (χ3n) is 1.41. The Labute approximate surface area is 87.4 Å². The molecular weight excluding hydrogens is 256 g/mol. The molecule has 0 fully saturated rings. The molecule has 15 heavy (non-hydrogen) atoms. The van der Waals surface area contributed by atoms with Gasteiger partial charge in [-0.3, -0.25) is 0 Å². The molecule has 0 amide bonds. The van der Waals surface area contributed by atoms with Crippen LogP contribution in [0.3, 0.4) is 0 Å². The number of hydrogen-bond acceptors (Lipinski definition) is 5. The molecule has 0 radical (unpaired) electrons. The molecule has 1 aromatic heterocycles. The zero-order chi connectivity index (χ0) is 11.8. The van der Waals surface area contributed by atoms with Crippen molar-refractivity contribution in [3.8, 4) is 11.5 Å². The molecule has 1 aromatic rings. The van der Waals surface area contributed by atoms with Crippen LogP contribution in [0.4, 0.5) is 8.78 Å². The lowest BCUT2D eigenvalue weighted by Crippen LogP contribution is -2.00. The van der Waals surface area contributed by atoms with Crippen molar-refractivity contribution in [1.82, 2.24) is 4.98 Å². The lowest BCUT2D eigenvalue weighted by atomic mass is 10.3. The maximum Gasteiger partial charge on any atom is 0.284 e. The first-order chi connectivity index (χ1) is 6.73. The zero-order valence-corrected chi connectivity index (χ0v) is 8.43. The Balaban J connectivity index is 3.50. The molecule has 1 rings (SSSR count). The Hall–Kier alpha value is -1.15. The van der Waals surface area contributed by atoms with Gasteiger partial charge in [0.15, 0.2) is 5.75 Å². The maximum atomic E-state index is 12.2. The molecular formula is C6H4ClF2NO4S. The van der Waals surface area contributed by atoms with Crippen molar-refractivity contribution in [3.63, 3.8) is 0 Å². The molecule has 0 spiro atoms. The number of alkyl halides is 2. The largest absolute Gasteiger partial charge is 0.506 e. The molecule has 5 nitrogen and oxygen atoms in total. The van der Waals surface area contributed by atoms with Crippen LogP contribution in [0.15, 0.2) is 11.1 Å². The third kappa shape index (κ3) is 2.45. The number of rotatable bonds is 2. The van der Waals surface area contributed by atoms with Crippen molar-refractivity contribution in [2.45, 2.75) is 11.5 Å². The van der Waals surface area contributed by atoms with E-state index in [0.29, 0.717) is 6.07 Å². The van der Waals surface area contributed by atoms with Crippen LogP contribution in [-0.4, -0.2) is 23.6 Å². The summed E-state index contributed by atoms with van der Waals surface area (Å²) in [5, 5.41) is 16.8. The average Bonchev–Trinajstić information content (AvgIpc) is 2.00. The van der Waals surface area contributed by atoms with Gasteiger partial charge in [0.1, 0.15) is 11.4 Å². The van der Waals surface area contributed by atoms with E-state index in [-0.39, 0.29) is 0 Å². The summed E-state index contributed by atoms with van der Waals surface area (Å²) in [7, 11) is 0.376. The molecule has 0 aliphatic heterocycles. The van der Waals surface area contributed by atoms with E-state index in [1.54, 1.807) is 0 Å². The smallest absolute Gasteiger partial charge is 0.284 e. The standard InChI is InChI=1S/C6H4ClF2NO4S/c7-15(13,14)6-3(12)1-2(11)4(10-6)5(8)9/h1,5,11-12H. The van der Waals surface area contributed by atoms with E-state index in [9.17, 15) is 17.2 Å². The van der Waals surface area contributed by atoms with E-state index in [1.165, 1.54) is 0 Å². The van der Waals surface area contributed by atoms with E-state index in [4.69, 9.17) is 20.9 Å². The number of halogens is 3. The normalized spacial score (nSPS) is 12.0. The van der Waals surface area contributed by atoms with E-state index in [0.717, 1.165) is 0 Å². The molecule has 0 atom stereocenters. The summed E-state index contributed by atoms with van der Waals surface area (Å²) in [6.45, 7) is 0. The van der Waals surface area contributed by atoms with Gasteiger partial charge in [-0.05, 0) is 0 Å². The van der Waals surface area contributed by atoms with Gasteiger partial charge in [0.05, 0.1) is 0 Å². The van der Waals surface area contributed by atoms with Crippen molar-refractivity contribution >= 4 is 19.7 Å². The van der Waals surface area contributed by atoms with Crippen LogP contribution in [0, 0.1) is 0 Å². The fourth-order valence-corrected chi connectivity index (χ4v) is 1.69. The van der Waals surface area contributed by atoms with Crippen molar-refractivity contribution in [1.29, 1.82) is 0 Å². The van der Waals surface area contributed by atoms with E-state index >= 15 is 0 Å². The molecule has 0 unspecified atom stereocenters. The van der Waals surface area contributed by atoms with Crippen LogP contribution >= 0.6 is 10.7 Å². The quantitative estimate of drug-likeness (QED) is 0.783. The van der Waals surface area contributed by atoms with Gasteiger partial charge in [0.2, 0.25) is 5.03 Å². The first kappa shape index (κ1) is 11.9. The maximum absolute atomic E-state index is 12.2. The lowest BCUT2D eigenvalue weighted by Gasteiger charge is -2.05. The minimum Gasteiger partial charge on any atom is -0.506 e. The average molecular weight is 260 g/mol. The second kappa shape index (κ2) is 3.78. The highest BCUT2D eigenvalue weighted by Gasteiger charge is 2.24.